The summed E-state index contributed by atoms with van der Waals surface area (Å²) in [7, 11) is 0. The predicted molar refractivity (Wildman–Crippen MR) is 112 cm³/mol. The molecule has 136 valence electrons. The zero-order valence-corrected chi connectivity index (χ0v) is 18.3. The lowest BCUT2D eigenvalue weighted by molar-refractivity contribution is 0.0636. The van der Waals surface area contributed by atoms with Gasteiger partial charge < -0.3 is 10.5 Å². The van der Waals surface area contributed by atoms with Crippen molar-refractivity contribution in [3.05, 3.63) is 56.5 Å². The van der Waals surface area contributed by atoms with E-state index in [1.165, 1.54) is 5.56 Å². The van der Waals surface area contributed by atoms with Gasteiger partial charge in [-0.2, -0.15) is 0 Å². The summed E-state index contributed by atoms with van der Waals surface area (Å²) in [6, 6.07) is 11.5. The Labute approximate surface area is 166 Å². The first-order chi connectivity index (χ1) is 11.5. The molecule has 0 atom stereocenters. The minimum absolute atomic E-state index is 0.446. The second kappa shape index (κ2) is 9.25. The Bertz CT molecular complexity index is 720. The molecule has 0 fully saturated rings. The molecule has 0 unspecified atom stereocenters. The van der Waals surface area contributed by atoms with Gasteiger partial charge in [0.1, 0.15) is 5.60 Å². The van der Waals surface area contributed by atoms with E-state index < -0.39 is 11.7 Å². The third-order valence-electron chi connectivity index (χ3n) is 3.05. The summed E-state index contributed by atoms with van der Waals surface area (Å²) < 4.78 is 7.05. The highest BCUT2D eigenvalue weighted by atomic mass is 79.9. The van der Waals surface area contributed by atoms with E-state index in [4.69, 9.17) is 10.5 Å². The van der Waals surface area contributed by atoms with Crippen molar-refractivity contribution in [2.24, 2.45) is 0 Å². The molecule has 0 spiro atoms. The van der Waals surface area contributed by atoms with E-state index in [0.717, 1.165) is 20.2 Å². The second-order valence-electron chi connectivity index (χ2n) is 6.54. The summed E-state index contributed by atoms with van der Waals surface area (Å²) in [5.41, 5.74) is 8.85. The van der Waals surface area contributed by atoms with E-state index in [2.05, 4.69) is 37.2 Å². The smallest absolute Gasteiger partial charge is 0.412 e. The number of hydrogen-bond acceptors (Lipinski definition) is 3. The van der Waals surface area contributed by atoms with Gasteiger partial charge in [-0.1, -0.05) is 24.3 Å². The molecule has 0 aliphatic rings. The van der Waals surface area contributed by atoms with Gasteiger partial charge in [0.2, 0.25) is 0 Å². The van der Waals surface area contributed by atoms with Crippen LogP contribution in [0.15, 0.2) is 45.3 Å². The van der Waals surface area contributed by atoms with Crippen molar-refractivity contribution < 1.29 is 9.53 Å². The predicted octanol–water partition coefficient (Wildman–Crippen LogP) is 6.44. The Morgan fingerprint density at radius 2 is 1.52 bits per heavy atom. The number of rotatable bonds is 1. The number of nitrogens with two attached hydrogens (primary N) is 1. The Kier molecular flexibility index (Phi) is 7.96. The summed E-state index contributed by atoms with van der Waals surface area (Å²) >= 11 is 6.77. The summed E-state index contributed by atoms with van der Waals surface area (Å²) in [5, 5.41) is 2.70. The van der Waals surface area contributed by atoms with Crippen molar-refractivity contribution >= 4 is 49.3 Å². The molecule has 25 heavy (non-hydrogen) atoms. The van der Waals surface area contributed by atoms with Crippen molar-refractivity contribution in [1.29, 1.82) is 0 Å². The van der Waals surface area contributed by atoms with Crippen LogP contribution in [0.5, 0.6) is 0 Å². The number of ether oxygens (including phenoxy) is 1. The molecule has 0 aliphatic heterocycles. The number of hydrogen-bond donors (Lipinski definition) is 2. The summed E-state index contributed by atoms with van der Waals surface area (Å²) in [4.78, 5) is 11.5. The summed E-state index contributed by atoms with van der Waals surface area (Å²) in [5.74, 6) is 0. The average molecular weight is 472 g/mol. The Balaban J connectivity index is 0.000000293. The van der Waals surface area contributed by atoms with E-state index in [9.17, 15) is 4.79 Å². The van der Waals surface area contributed by atoms with Gasteiger partial charge in [0.25, 0.3) is 0 Å². The molecular formula is C19H24Br2N2O2. The molecule has 4 nitrogen and oxygen atoms in total. The molecular weight excluding hydrogens is 448 g/mol. The van der Waals surface area contributed by atoms with E-state index >= 15 is 0 Å². The van der Waals surface area contributed by atoms with Crippen LogP contribution < -0.4 is 11.1 Å². The molecule has 3 N–H and O–H groups in total. The van der Waals surface area contributed by atoms with Gasteiger partial charge in [0, 0.05) is 14.6 Å². The van der Waals surface area contributed by atoms with Crippen molar-refractivity contribution in [3.8, 4) is 0 Å². The highest BCUT2D eigenvalue weighted by Gasteiger charge is 2.17. The number of aryl methyl sites for hydroxylation is 2. The normalized spacial score (nSPS) is 10.5. The number of nitrogen functional groups attached to an aromatic ring is 1. The molecule has 2 rings (SSSR count). The molecule has 0 saturated carbocycles. The van der Waals surface area contributed by atoms with Gasteiger partial charge >= 0.3 is 6.09 Å². The van der Waals surface area contributed by atoms with Crippen molar-refractivity contribution in [2.45, 2.75) is 40.2 Å². The minimum Gasteiger partial charge on any atom is -0.444 e. The van der Waals surface area contributed by atoms with Crippen molar-refractivity contribution in [3.63, 3.8) is 0 Å². The average Bonchev–Trinajstić information content (AvgIpc) is 2.48. The van der Waals surface area contributed by atoms with E-state index in [0.29, 0.717) is 5.69 Å². The van der Waals surface area contributed by atoms with Crippen LogP contribution in [0.2, 0.25) is 0 Å². The van der Waals surface area contributed by atoms with Crippen LogP contribution in [0.4, 0.5) is 16.2 Å². The highest BCUT2D eigenvalue weighted by molar-refractivity contribution is 9.11. The van der Waals surface area contributed by atoms with Crippen LogP contribution in [0, 0.1) is 13.8 Å². The second-order valence-corrected chi connectivity index (χ2v) is 8.13. The fraction of sp³-hybridized carbons (Fsp3) is 0.316. The quantitative estimate of drug-likeness (QED) is 0.470. The number of benzene rings is 2. The van der Waals surface area contributed by atoms with Crippen LogP contribution in [0.3, 0.4) is 0 Å². The number of nitrogens with one attached hydrogen (secondary N) is 1. The van der Waals surface area contributed by atoms with Gasteiger partial charge in [0.05, 0.1) is 5.69 Å². The van der Waals surface area contributed by atoms with Gasteiger partial charge in [-0.3, -0.25) is 5.32 Å². The number of carbonyl (C=O) groups excluding carboxylic acids is 1. The molecule has 0 saturated heterocycles. The van der Waals surface area contributed by atoms with E-state index in [1.54, 1.807) is 0 Å². The Morgan fingerprint density at radius 3 is 2.00 bits per heavy atom. The van der Waals surface area contributed by atoms with Crippen LogP contribution in [-0.2, 0) is 4.74 Å². The molecule has 0 aromatic heterocycles. The third kappa shape index (κ3) is 7.48. The minimum atomic E-state index is -0.486. The van der Waals surface area contributed by atoms with Crippen LogP contribution >= 0.6 is 31.9 Å². The molecule has 2 aromatic carbocycles. The van der Waals surface area contributed by atoms with Gasteiger partial charge in [-0.05, 0) is 89.7 Å². The van der Waals surface area contributed by atoms with Gasteiger partial charge in [-0.25, -0.2) is 4.79 Å². The van der Waals surface area contributed by atoms with E-state index in [-0.39, 0.29) is 0 Å². The zero-order chi connectivity index (χ0) is 19.2. The largest absolute Gasteiger partial charge is 0.444 e. The molecule has 0 heterocycles. The molecule has 1 amide bonds. The van der Waals surface area contributed by atoms with Gasteiger partial charge in [-0.15, -0.1) is 0 Å². The number of anilines is 2. The number of carbonyl (C=O) groups is 1. The Morgan fingerprint density at radius 1 is 1.00 bits per heavy atom. The molecule has 0 bridgehead atoms. The molecule has 6 heteroatoms. The van der Waals surface area contributed by atoms with Crippen LogP contribution in [0.1, 0.15) is 31.9 Å². The monoisotopic (exact) mass is 470 g/mol. The molecule has 2 aromatic rings. The lowest BCUT2D eigenvalue weighted by Gasteiger charge is -2.20. The topological polar surface area (TPSA) is 64.3 Å². The lowest BCUT2D eigenvalue weighted by Crippen LogP contribution is -2.27. The maximum absolute atomic E-state index is 11.5. The zero-order valence-electron chi connectivity index (χ0n) is 15.1. The number of amides is 1. The first-order valence-electron chi connectivity index (χ1n) is 7.77. The Hall–Kier alpha value is -1.53. The maximum Gasteiger partial charge on any atom is 0.412 e. The van der Waals surface area contributed by atoms with Crippen LogP contribution in [0.25, 0.3) is 0 Å². The summed E-state index contributed by atoms with van der Waals surface area (Å²) in [6.45, 7) is 9.47. The van der Waals surface area contributed by atoms with Crippen molar-refractivity contribution in [2.75, 3.05) is 11.1 Å². The van der Waals surface area contributed by atoms with E-state index in [1.807, 2.05) is 71.0 Å². The summed E-state index contributed by atoms with van der Waals surface area (Å²) in [6.07, 6.45) is -0.446. The SMILES string of the molecule is Cc1cccc(N)c1Br.Cc1cccc(NC(=O)OC(C)(C)C)c1Br. The third-order valence-corrected chi connectivity index (χ3v) is 5.18. The van der Waals surface area contributed by atoms with Gasteiger partial charge in [0.15, 0.2) is 0 Å². The first-order valence-corrected chi connectivity index (χ1v) is 9.35. The number of halogens is 2. The molecule has 0 aliphatic carbocycles. The highest BCUT2D eigenvalue weighted by Crippen LogP contribution is 2.26. The maximum atomic E-state index is 11.5. The molecule has 0 radical (unpaired) electrons. The van der Waals surface area contributed by atoms with Crippen LogP contribution in [-0.4, -0.2) is 11.7 Å². The fourth-order valence-electron chi connectivity index (χ4n) is 1.83. The fourth-order valence-corrected chi connectivity index (χ4v) is 2.46. The van der Waals surface area contributed by atoms with Crippen molar-refractivity contribution in [1.82, 2.24) is 0 Å². The first kappa shape index (κ1) is 21.5. The lowest BCUT2D eigenvalue weighted by atomic mass is 10.2. The standard InChI is InChI=1S/C12H16BrNO2.C7H8BrN/c1-8-6-5-7-9(10(8)13)14-11(15)16-12(2,3)4;1-5-3-2-4-6(9)7(5)8/h5-7H,1-4H3,(H,14,15);2-4H,9H2,1H3.